The predicted octanol–water partition coefficient (Wildman–Crippen LogP) is 1.71. The Morgan fingerprint density at radius 2 is 1.85 bits per heavy atom. The van der Waals surface area contributed by atoms with Crippen molar-refractivity contribution < 1.29 is 9.47 Å². The van der Waals surface area contributed by atoms with E-state index in [4.69, 9.17) is 10.5 Å². The molecule has 1 aromatic carbocycles. The molecule has 0 saturated heterocycles. The highest BCUT2D eigenvalue weighted by molar-refractivity contribution is 5.40. The van der Waals surface area contributed by atoms with Crippen LogP contribution in [0.4, 0.5) is 0 Å². The lowest BCUT2D eigenvalue weighted by atomic mass is 10.2. The van der Waals surface area contributed by atoms with Crippen LogP contribution in [0.15, 0.2) is 18.2 Å². The van der Waals surface area contributed by atoms with Gasteiger partial charge in [-0.05, 0) is 18.6 Å². The van der Waals surface area contributed by atoms with E-state index in [-0.39, 0.29) is 0 Å². The standard InChI is InChI=1S/C9H6N2O2/c1-7-2-3-8(12-5-10)4-9(7)13-6-11/h2-4H,1H3. The molecule has 0 aliphatic heterocycles. The lowest BCUT2D eigenvalue weighted by Gasteiger charge is -2.02. The van der Waals surface area contributed by atoms with Gasteiger partial charge in [-0.25, -0.2) is 0 Å². The van der Waals surface area contributed by atoms with Crippen molar-refractivity contribution in [2.75, 3.05) is 0 Å². The molecule has 0 aliphatic rings. The van der Waals surface area contributed by atoms with Gasteiger partial charge in [0.15, 0.2) is 0 Å². The molecule has 0 N–H and O–H groups in total. The number of nitriles is 2. The number of nitrogens with zero attached hydrogens (tertiary/aromatic N) is 2. The third-order valence-corrected chi connectivity index (χ3v) is 1.48. The van der Waals surface area contributed by atoms with Crippen LogP contribution in [0.5, 0.6) is 11.5 Å². The molecular weight excluding hydrogens is 168 g/mol. The Morgan fingerprint density at radius 3 is 2.46 bits per heavy atom. The fourth-order valence-electron chi connectivity index (χ4n) is 0.856. The van der Waals surface area contributed by atoms with E-state index < -0.39 is 0 Å². The first-order valence-corrected chi connectivity index (χ1v) is 3.50. The minimum atomic E-state index is 0.360. The first-order chi connectivity index (χ1) is 6.27. The quantitative estimate of drug-likeness (QED) is 0.640. The molecule has 0 saturated carbocycles. The van der Waals surface area contributed by atoms with Crippen molar-refractivity contribution >= 4 is 0 Å². The molecule has 0 atom stereocenters. The maximum absolute atomic E-state index is 8.29. The summed E-state index contributed by atoms with van der Waals surface area (Å²) in [5.41, 5.74) is 0.812. The SMILES string of the molecule is Cc1ccc(OC#N)cc1OC#N. The van der Waals surface area contributed by atoms with Crippen LogP contribution in [0.25, 0.3) is 0 Å². The van der Waals surface area contributed by atoms with Gasteiger partial charge in [-0.15, -0.1) is 10.5 Å². The van der Waals surface area contributed by atoms with Gasteiger partial charge in [0.1, 0.15) is 11.5 Å². The summed E-state index contributed by atoms with van der Waals surface area (Å²) in [6, 6.07) is 4.82. The molecule has 0 bridgehead atoms. The van der Waals surface area contributed by atoms with Gasteiger partial charge >= 0.3 is 0 Å². The summed E-state index contributed by atoms with van der Waals surface area (Å²) in [6.07, 6.45) is 3.09. The molecule has 64 valence electrons. The third kappa shape index (κ3) is 2.11. The number of rotatable bonds is 2. The van der Waals surface area contributed by atoms with Crippen LogP contribution in [0.1, 0.15) is 5.56 Å². The number of benzene rings is 1. The van der Waals surface area contributed by atoms with E-state index in [1.165, 1.54) is 12.3 Å². The molecule has 0 fully saturated rings. The molecule has 1 aromatic rings. The van der Waals surface area contributed by atoms with E-state index in [1.807, 2.05) is 0 Å². The minimum Gasteiger partial charge on any atom is -0.388 e. The predicted molar refractivity (Wildman–Crippen MR) is 43.7 cm³/mol. The fraction of sp³-hybridized carbons (Fsp3) is 0.111. The van der Waals surface area contributed by atoms with E-state index >= 15 is 0 Å². The fourth-order valence-corrected chi connectivity index (χ4v) is 0.856. The Labute approximate surface area is 75.5 Å². The largest absolute Gasteiger partial charge is 0.388 e. The molecule has 0 unspecified atom stereocenters. The molecule has 4 nitrogen and oxygen atoms in total. The van der Waals surface area contributed by atoms with Gasteiger partial charge in [0.05, 0.1) is 0 Å². The number of hydrogen-bond acceptors (Lipinski definition) is 4. The van der Waals surface area contributed by atoms with Crippen LogP contribution in [-0.4, -0.2) is 0 Å². The Hall–Kier alpha value is -2.20. The highest BCUT2D eigenvalue weighted by Crippen LogP contribution is 2.23. The summed E-state index contributed by atoms with van der Waals surface area (Å²) < 4.78 is 9.20. The van der Waals surface area contributed by atoms with Gasteiger partial charge in [-0.3, -0.25) is 0 Å². The van der Waals surface area contributed by atoms with Crippen LogP contribution < -0.4 is 9.47 Å². The molecule has 0 amide bonds. The van der Waals surface area contributed by atoms with Gasteiger partial charge in [0.2, 0.25) is 0 Å². The van der Waals surface area contributed by atoms with Crippen molar-refractivity contribution in [3.63, 3.8) is 0 Å². The summed E-state index contributed by atoms with van der Waals surface area (Å²) in [7, 11) is 0. The Kier molecular flexibility index (Phi) is 2.73. The Morgan fingerprint density at radius 1 is 1.15 bits per heavy atom. The summed E-state index contributed by atoms with van der Waals surface area (Å²) in [4.78, 5) is 0. The normalized spacial score (nSPS) is 8.23. The topological polar surface area (TPSA) is 66.0 Å². The van der Waals surface area contributed by atoms with Gasteiger partial charge in [-0.2, -0.15) is 0 Å². The molecular formula is C9H6N2O2. The van der Waals surface area contributed by atoms with Crippen LogP contribution in [0.2, 0.25) is 0 Å². The van der Waals surface area contributed by atoms with E-state index in [1.54, 1.807) is 25.3 Å². The first kappa shape index (κ1) is 8.89. The Balaban J connectivity index is 2.99. The highest BCUT2D eigenvalue weighted by Gasteiger charge is 2.01. The minimum absolute atomic E-state index is 0.360. The number of hydrogen-bond donors (Lipinski definition) is 0. The van der Waals surface area contributed by atoms with Crippen LogP contribution in [0, 0.1) is 30.0 Å². The van der Waals surface area contributed by atoms with Gasteiger partial charge in [-0.1, -0.05) is 6.07 Å². The molecule has 0 aromatic heterocycles. The molecule has 1 rings (SSSR count). The zero-order valence-corrected chi connectivity index (χ0v) is 6.94. The average molecular weight is 174 g/mol. The number of aryl methyl sites for hydroxylation is 1. The highest BCUT2D eigenvalue weighted by atomic mass is 16.5. The first-order valence-electron chi connectivity index (χ1n) is 3.50. The van der Waals surface area contributed by atoms with Crippen LogP contribution in [0.3, 0.4) is 0 Å². The summed E-state index contributed by atoms with van der Waals surface area (Å²) >= 11 is 0. The molecule has 13 heavy (non-hydrogen) atoms. The van der Waals surface area contributed by atoms with E-state index in [0.29, 0.717) is 11.5 Å². The number of ether oxygens (including phenoxy) is 2. The second-order valence-corrected chi connectivity index (χ2v) is 2.31. The van der Waals surface area contributed by atoms with E-state index in [0.717, 1.165) is 5.56 Å². The maximum atomic E-state index is 8.29. The summed E-state index contributed by atoms with van der Waals surface area (Å²) in [5.74, 6) is 0.758. The van der Waals surface area contributed by atoms with Crippen LogP contribution >= 0.6 is 0 Å². The molecule has 4 heteroatoms. The average Bonchev–Trinajstić information content (AvgIpc) is 2.12. The third-order valence-electron chi connectivity index (χ3n) is 1.48. The smallest absolute Gasteiger partial charge is 0.292 e. The lowest BCUT2D eigenvalue weighted by molar-refractivity contribution is 0.481. The van der Waals surface area contributed by atoms with E-state index in [2.05, 4.69) is 9.47 Å². The monoisotopic (exact) mass is 174 g/mol. The van der Waals surface area contributed by atoms with Gasteiger partial charge in [0, 0.05) is 6.07 Å². The van der Waals surface area contributed by atoms with Crippen LogP contribution in [-0.2, 0) is 0 Å². The maximum Gasteiger partial charge on any atom is 0.292 e. The van der Waals surface area contributed by atoms with E-state index in [9.17, 15) is 0 Å². The zero-order chi connectivity index (χ0) is 9.68. The summed E-state index contributed by atoms with van der Waals surface area (Å²) in [5, 5.41) is 16.5. The molecule has 0 spiro atoms. The van der Waals surface area contributed by atoms with Crippen molar-refractivity contribution in [2.45, 2.75) is 6.92 Å². The van der Waals surface area contributed by atoms with Crippen molar-refractivity contribution in [1.82, 2.24) is 0 Å². The second kappa shape index (κ2) is 3.99. The summed E-state index contributed by atoms with van der Waals surface area (Å²) in [6.45, 7) is 1.79. The van der Waals surface area contributed by atoms with Crippen molar-refractivity contribution in [3.8, 4) is 24.0 Å². The second-order valence-electron chi connectivity index (χ2n) is 2.31. The lowest BCUT2D eigenvalue weighted by Crippen LogP contribution is -1.88. The zero-order valence-electron chi connectivity index (χ0n) is 6.94. The Bertz CT molecular complexity index is 388. The van der Waals surface area contributed by atoms with Crippen molar-refractivity contribution in [1.29, 1.82) is 10.5 Å². The molecule has 0 heterocycles. The van der Waals surface area contributed by atoms with Gasteiger partial charge in [0.25, 0.3) is 12.5 Å². The van der Waals surface area contributed by atoms with Crippen molar-refractivity contribution in [3.05, 3.63) is 23.8 Å². The molecule has 0 aliphatic carbocycles. The van der Waals surface area contributed by atoms with Gasteiger partial charge < -0.3 is 9.47 Å². The van der Waals surface area contributed by atoms with Crippen molar-refractivity contribution in [2.24, 2.45) is 0 Å². The molecule has 0 radical (unpaired) electrons.